The second-order valence-corrected chi connectivity index (χ2v) is 5.32. The summed E-state index contributed by atoms with van der Waals surface area (Å²) in [7, 11) is 0. The molecule has 0 radical (unpaired) electrons. The molecule has 0 amide bonds. The van der Waals surface area contributed by atoms with Crippen LogP contribution < -0.4 is 0 Å². The van der Waals surface area contributed by atoms with E-state index in [1.165, 1.54) is 32.0 Å². The van der Waals surface area contributed by atoms with Gasteiger partial charge in [0.1, 0.15) is 6.33 Å². The summed E-state index contributed by atoms with van der Waals surface area (Å²) in [6.07, 6.45) is 9.24. The highest BCUT2D eigenvalue weighted by Crippen LogP contribution is 2.50. The summed E-state index contributed by atoms with van der Waals surface area (Å²) in [5.74, 6) is 2.55. The number of hydrogen-bond acceptors (Lipinski definition) is 3. The van der Waals surface area contributed by atoms with Gasteiger partial charge in [0, 0.05) is 6.20 Å². The average Bonchev–Trinajstić information content (AvgIpc) is 2.92. The van der Waals surface area contributed by atoms with E-state index >= 15 is 0 Å². The monoisotopic (exact) mass is 218 g/mol. The predicted molar refractivity (Wildman–Crippen MR) is 60.5 cm³/mol. The minimum absolute atomic E-state index is 0.396. The number of nitrogens with zero attached hydrogens (tertiary/aromatic N) is 2. The molecule has 4 atom stereocenters. The molecule has 1 aromatic rings. The number of rotatable bonds is 3. The van der Waals surface area contributed by atoms with Crippen molar-refractivity contribution in [3.8, 4) is 0 Å². The van der Waals surface area contributed by atoms with E-state index in [1.807, 2.05) is 6.07 Å². The van der Waals surface area contributed by atoms with Crippen molar-refractivity contribution in [1.29, 1.82) is 0 Å². The third-order valence-electron chi connectivity index (χ3n) is 4.36. The molecule has 2 bridgehead atoms. The van der Waals surface area contributed by atoms with E-state index in [0.717, 1.165) is 29.9 Å². The molecule has 1 aromatic heterocycles. The summed E-state index contributed by atoms with van der Waals surface area (Å²) in [5.41, 5.74) is 0.776. The van der Waals surface area contributed by atoms with Crippen molar-refractivity contribution >= 4 is 0 Å². The molecule has 2 aliphatic rings. The van der Waals surface area contributed by atoms with Gasteiger partial charge in [-0.15, -0.1) is 0 Å². The topological polar surface area (TPSA) is 46.0 Å². The molecular weight excluding hydrogens is 200 g/mol. The van der Waals surface area contributed by atoms with Gasteiger partial charge in [-0.25, -0.2) is 9.97 Å². The maximum Gasteiger partial charge on any atom is 0.115 e. The Hall–Kier alpha value is -0.960. The van der Waals surface area contributed by atoms with E-state index in [-0.39, 0.29) is 0 Å². The fraction of sp³-hybridized carbons (Fsp3) is 0.692. The van der Waals surface area contributed by atoms with Crippen molar-refractivity contribution in [2.75, 3.05) is 0 Å². The number of aliphatic hydroxyl groups excluding tert-OH is 1. The van der Waals surface area contributed by atoms with Crippen LogP contribution in [0.2, 0.25) is 0 Å². The van der Waals surface area contributed by atoms with Crippen molar-refractivity contribution in [3.63, 3.8) is 0 Å². The van der Waals surface area contributed by atoms with Crippen LogP contribution in [0.5, 0.6) is 0 Å². The van der Waals surface area contributed by atoms with E-state index < -0.39 is 6.10 Å². The van der Waals surface area contributed by atoms with Crippen LogP contribution in [0.4, 0.5) is 0 Å². The number of hydrogen-bond donors (Lipinski definition) is 1. The lowest BCUT2D eigenvalue weighted by molar-refractivity contribution is 0.121. The highest BCUT2D eigenvalue weighted by molar-refractivity contribution is 5.03. The van der Waals surface area contributed by atoms with Gasteiger partial charge in [0.2, 0.25) is 0 Å². The normalized spacial score (nSPS) is 34.2. The van der Waals surface area contributed by atoms with Crippen LogP contribution in [0.3, 0.4) is 0 Å². The molecule has 1 heterocycles. The van der Waals surface area contributed by atoms with Crippen LogP contribution in [0.25, 0.3) is 0 Å². The van der Waals surface area contributed by atoms with E-state index in [0.29, 0.717) is 0 Å². The van der Waals surface area contributed by atoms with Crippen LogP contribution in [0.1, 0.15) is 43.9 Å². The summed E-state index contributed by atoms with van der Waals surface area (Å²) in [4.78, 5) is 8.00. The lowest BCUT2D eigenvalue weighted by Gasteiger charge is -2.23. The van der Waals surface area contributed by atoms with Gasteiger partial charge in [-0.3, -0.25) is 0 Å². The van der Waals surface area contributed by atoms with E-state index in [2.05, 4.69) is 9.97 Å². The molecule has 0 saturated heterocycles. The molecule has 3 heteroatoms. The zero-order valence-electron chi connectivity index (χ0n) is 9.42. The second-order valence-electron chi connectivity index (χ2n) is 5.32. The van der Waals surface area contributed by atoms with Crippen molar-refractivity contribution in [3.05, 3.63) is 24.3 Å². The Kier molecular flexibility index (Phi) is 2.64. The van der Waals surface area contributed by atoms with Crippen molar-refractivity contribution in [2.45, 2.75) is 38.2 Å². The van der Waals surface area contributed by atoms with Gasteiger partial charge < -0.3 is 5.11 Å². The van der Waals surface area contributed by atoms with Gasteiger partial charge in [-0.05, 0) is 49.5 Å². The summed E-state index contributed by atoms with van der Waals surface area (Å²) >= 11 is 0. The second kappa shape index (κ2) is 4.13. The lowest BCUT2D eigenvalue weighted by Crippen LogP contribution is -2.14. The molecule has 3 rings (SSSR count). The Labute approximate surface area is 95.9 Å². The molecule has 2 fully saturated rings. The molecule has 0 aromatic carbocycles. The molecule has 86 valence electrons. The Morgan fingerprint density at radius 3 is 2.94 bits per heavy atom. The first-order chi connectivity index (χ1) is 7.83. The quantitative estimate of drug-likeness (QED) is 0.847. The minimum Gasteiger partial charge on any atom is -0.387 e. The van der Waals surface area contributed by atoms with E-state index in [9.17, 15) is 5.11 Å². The van der Waals surface area contributed by atoms with E-state index in [1.54, 1.807) is 6.20 Å². The van der Waals surface area contributed by atoms with Crippen LogP contribution in [0, 0.1) is 17.8 Å². The largest absolute Gasteiger partial charge is 0.387 e. The highest BCUT2D eigenvalue weighted by Gasteiger charge is 2.40. The van der Waals surface area contributed by atoms with Crippen molar-refractivity contribution in [2.24, 2.45) is 17.8 Å². The smallest absolute Gasteiger partial charge is 0.115 e. The van der Waals surface area contributed by atoms with Gasteiger partial charge in [-0.1, -0.05) is 6.42 Å². The Balaban J connectivity index is 1.63. The van der Waals surface area contributed by atoms with Crippen molar-refractivity contribution < 1.29 is 5.11 Å². The molecule has 4 unspecified atom stereocenters. The van der Waals surface area contributed by atoms with Gasteiger partial charge in [-0.2, -0.15) is 0 Å². The maximum absolute atomic E-state index is 10.1. The Morgan fingerprint density at radius 1 is 1.38 bits per heavy atom. The van der Waals surface area contributed by atoms with Gasteiger partial charge in [0.25, 0.3) is 0 Å². The summed E-state index contributed by atoms with van der Waals surface area (Å²) in [6.45, 7) is 0. The fourth-order valence-corrected chi connectivity index (χ4v) is 3.57. The Morgan fingerprint density at radius 2 is 2.31 bits per heavy atom. The standard InChI is InChI=1S/C13H18N2O/c16-13(12-3-4-14-8-15-12)7-11-6-9-1-2-10(11)5-9/h3-4,8-11,13,16H,1-2,5-7H2. The van der Waals surface area contributed by atoms with Crippen LogP contribution in [0.15, 0.2) is 18.6 Å². The molecule has 2 saturated carbocycles. The van der Waals surface area contributed by atoms with Crippen molar-refractivity contribution in [1.82, 2.24) is 9.97 Å². The van der Waals surface area contributed by atoms with Gasteiger partial charge in [0.15, 0.2) is 0 Å². The Bertz CT molecular complexity index is 354. The third-order valence-corrected chi connectivity index (χ3v) is 4.36. The van der Waals surface area contributed by atoms with E-state index in [4.69, 9.17) is 0 Å². The number of aromatic nitrogens is 2. The van der Waals surface area contributed by atoms with Gasteiger partial charge in [0.05, 0.1) is 11.8 Å². The first-order valence-electron chi connectivity index (χ1n) is 6.27. The van der Waals surface area contributed by atoms with Crippen LogP contribution in [-0.2, 0) is 0 Å². The molecular formula is C13H18N2O. The zero-order valence-corrected chi connectivity index (χ0v) is 9.42. The molecule has 1 N–H and O–H groups in total. The molecule has 16 heavy (non-hydrogen) atoms. The number of fused-ring (bicyclic) bond motifs is 2. The molecule has 0 aliphatic heterocycles. The minimum atomic E-state index is -0.396. The van der Waals surface area contributed by atoms with Gasteiger partial charge >= 0.3 is 0 Å². The highest BCUT2D eigenvalue weighted by atomic mass is 16.3. The average molecular weight is 218 g/mol. The maximum atomic E-state index is 10.1. The molecule has 2 aliphatic carbocycles. The summed E-state index contributed by atoms with van der Waals surface area (Å²) in [5, 5.41) is 10.1. The lowest BCUT2D eigenvalue weighted by atomic mass is 9.84. The first-order valence-corrected chi connectivity index (χ1v) is 6.27. The first kappa shape index (κ1) is 10.2. The summed E-state index contributed by atoms with van der Waals surface area (Å²) < 4.78 is 0. The molecule has 3 nitrogen and oxygen atoms in total. The fourth-order valence-electron chi connectivity index (χ4n) is 3.57. The van der Waals surface area contributed by atoms with Crippen LogP contribution in [-0.4, -0.2) is 15.1 Å². The third kappa shape index (κ3) is 1.84. The summed E-state index contributed by atoms with van der Waals surface area (Å²) in [6, 6.07) is 1.82. The predicted octanol–water partition coefficient (Wildman–Crippen LogP) is 2.34. The number of aliphatic hydroxyl groups is 1. The zero-order chi connectivity index (χ0) is 11.0. The molecule has 0 spiro atoms. The van der Waals surface area contributed by atoms with Crippen LogP contribution >= 0.6 is 0 Å². The SMILES string of the molecule is OC(CC1CC2CCC1C2)c1ccncn1.